The predicted molar refractivity (Wildman–Crippen MR) is 189 cm³/mol. The van der Waals surface area contributed by atoms with E-state index in [9.17, 15) is 0 Å². The first kappa shape index (κ1) is 34.8. The van der Waals surface area contributed by atoms with E-state index in [0.29, 0.717) is 0 Å². The van der Waals surface area contributed by atoms with Gasteiger partial charge in [-0.25, -0.2) is 0 Å². The van der Waals surface area contributed by atoms with E-state index in [1.807, 2.05) is 36.4 Å². The Morgan fingerprint density at radius 2 is 1.58 bits per heavy atom. The molecule has 0 saturated carbocycles. The standard InChI is InChI=1S/C21H18NO.C19H26GeN.Ir/c1-21(2,3)15-8-10-20-17(13-15)16-12-14(7-9-19(16)23-20)18-6-4-5-11-22-18;1-6-15(2)12-17-13-19(16-10-8-7-9-11-16)21-14-18(17)20(3,4)5;/h4-6,8-13H,1-3H3;7-10,13-15H,6,12H2,1-5H3;/q2*-1;. The third kappa shape index (κ3) is 8.41. The van der Waals surface area contributed by atoms with E-state index in [0.717, 1.165) is 56.8 Å². The average Bonchev–Trinajstić information content (AvgIpc) is 3.38. The number of fused-ring (bicyclic) bond motifs is 3. The number of furan rings is 1. The Balaban J connectivity index is 0.000000201. The molecule has 0 bridgehead atoms. The first-order valence-electron chi connectivity index (χ1n) is 15.7. The van der Waals surface area contributed by atoms with Gasteiger partial charge in [-0.15, -0.1) is 23.8 Å². The van der Waals surface area contributed by atoms with Crippen molar-refractivity contribution in [3.05, 3.63) is 115 Å². The van der Waals surface area contributed by atoms with Gasteiger partial charge in [-0.1, -0.05) is 44.4 Å². The Hall–Kier alpha value is -3.05. The zero-order chi connectivity index (χ0) is 31.5. The summed E-state index contributed by atoms with van der Waals surface area (Å²) in [6.45, 7) is 11.3. The molecule has 6 rings (SSSR count). The summed E-state index contributed by atoms with van der Waals surface area (Å²) < 4.78 is 7.51. The van der Waals surface area contributed by atoms with Crippen LogP contribution in [0.3, 0.4) is 0 Å². The van der Waals surface area contributed by atoms with Gasteiger partial charge in [0.2, 0.25) is 0 Å². The van der Waals surface area contributed by atoms with Crippen molar-refractivity contribution in [2.24, 2.45) is 5.92 Å². The molecule has 0 aliphatic carbocycles. The molecule has 3 aromatic heterocycles. The molecule has 3 nitrogen and oxygen atoms in total. The van der Waals surface area contributed by atoms with E-state index >= 15 is 0 Å². The first-order chi connectivity index (χ1) is 20.9. The maximum atomic E-state index is 5.96. The smallest absolute Gasteiger partial charge is 0 e. The van der Waals surface area contributed by atoms with Crippen LogP contribution >= 0.6 is 0 Å². The number of aromatic nitrogens is 2. The maximum Gasteiger partial charge on any atom is 0 e. The van der Waals surface area contributed by atoms with Gasteiger partial charge >= 0.3 is 132 Å². The van der Waals surface area contributed by atoms with Gasteiger partial charge in [0.25, 0.3) is 0 Å². The van der Waals surface area contributed by atoms with E-state index < -0.39 is 13.3 Å². The van der Waals surface area contributed by atoms with Gasteiger partial charge < -0.3 is 9.40 Å². The first-order valence-corrected chi connectivity index (χ1v) is 23.0. The molecule has 0 aliphatic rings. The molecule has 6 aromatic rings. The third-order valence-electron chi connectivity index (χ3n) is 8.26. The summed E-state index contributed by atoms with van der Waals surface area (Å²) in [5, 5.41) is 2.27. The molecule has 5 heteroatoms. The zero-order valence-electron chi connectivity index (χ0n) is 27.8. The third-order valence-corrected chi connectivity index (χ3v) is 12.6. The quantitative estimate of drug-likeness (QED) is 0.124. The fourth-order valence-corrected chi connectivity index (χ4v) is 8.75. The van der Waals surface area contributed by atoms with Gasteiger partial charge in [0, 0.05) is 31.7 Å². The second kappa shape index (κ2) is 14.6. The van der Waals surface area contributed by atoms with Crippen molar-refractivity contribution in [1.29, 1.82) is 0 Å². The zero-order valence-corrected chi connectivity index (χ0v) is 32.3. The van der Waals surface area contributed by atoms with E-state index in [4.69, 9.17) is 9.40 Å². The Bertz CT molecular complexity index is 1850. The number of hydrogen-bond donors (Lipinski definition) is 0. The molecule has 0 saturated heterocycles. The second-order valence-corrected chi connectivity index (χ2v) is 24.4. The van der Waals surface area contributed by atoms with Crippen LogP contribution in [0.2, 0.25) is 17.3 Å². The van der Waals surface area contributed by atoms with Gasteiger partial charge in [0.05, 0.1) is 5.58 Å². The predicted octanol–water partition coefficient (Wildman–Crippen LogP) is 10.4. The fraction of sp³-hybridized carbons (Fsp3) is 0.300. The number of nitrogens with zero attached hydrogens (tertiary/aromatic N) is 2. The SMILES string of the molecule is CC(C)(C)c1ccc2oc3c[c-]c(-c4ccccn4)cc3c2c1.CCC(C)Cc1cc(-c2[c-]cccc2)nc[c]1[Ge]([CH3])([CH3])[CH3].[Ir]. The molecule has 1 unspecified atom stereocenters. The molecule has 0 spiro atoms. The maximum absolute atomic E-state index is 5.96. The van der Waals surface area contributed by atoms with Crippen molar-refractivity contribution in [2.75, 3.05) is 0 Å². The molecule has 235 valence electrons. The van der Waals surface area contributed by atoms with Crippen LogP contribution in [0, 0.1) is 18.1 Å². The van der Waals surface area contributed by atoms with Crippen LogP contribution in [0.15, 0.2) is 95.7 Å². The Morgan fingerprint density at radius 1 is 0.822 bits per heavy atom. The van der Waals surface area contributed by atoms with Crippen molar-refractivity contribution in [1.82, 2.24) is 9.97 Å². The Labute approximate surface area is 285 Å². The van der Waals surface area contributed by atoms with E-state index in [1.165, 1.54) is 17.5 Å². The number of benzene rings is 3. The molecule has 45 heavy (non-hydrogen) atoms. The molecular formula is C40H44GeIrN2O-2. The molecule has 0 fully saturated rings. The van der Waals surface area contributed by atoms with Crippen LogP contribution in [0.4, 0.5) is 0 Å². The second-order valence-electron chi connectivity index (χ2n) is 13.9. The van der Waals surface area contributed by atoms with E-state index in [2.05, 4.69) is 118 Å². The van der Waals surface area contributed by atoms with Crippen LogP contribution < -0.4 is 4.40 Å². The number of pyridine rings is 2. The summed E-state index contributed by atoms with van der Waals surface area (Å²) in [7, 11) is 0. The van der Waals surface area contributed by atoms with Crippen LogP contribution in [0.25, 0.3) is 44.5 Å². The molecule has 3 aromatic carbocycles. The van der Waals surface area contributed by atoms with E-state index in [1.54, 1.807) is 10.6 Å². The molecule has 0 N–H and O–H groups in total. The molecule has 1 atom stereocenters. The summed E-state index contributed by atoms with van der Waals surface area (Å²) in [6.07, 6.45) is 6.34. The minimum atomic E-state index is -1.87. The van der Waals surface area contributed by atoms with Gasteiger partial charge in [-0.3, -0.25) is 0 Å². The molecule has 1 radical (unpaired) electrons. The van der Waals surface area contributed by atoms with Crippen molar-refractivity contribution in [3.8, 4) is 22.5 Å². The van der Waals surface area contributed by atoms with Crippen LogP contribution in [0.5, 0.6) is 0 Å². The van der Waals surface area contributed by atoms with Crippen molar-refractivity contribution < 1.29 is 24.5 Å². The monoisotopic (exact) mass is 835 g/mol. The van der Waals surface area contributed by atoms with Crippen LogP contribution in [-0.2, 0) is 31.9 Å². The van der Waals surface area contributed by atoms with Crippen LogP contribution in [-0.4, -0.2) is 23.2 Å². The number of rotatable bonds is 6. The van der Waals surface area contributed by atoms with Crippen LogP contribution in [0.1, 0.15) is 52.2 Å². The number of hydrogen-bond acceptors (Lipinski definition) is 3. The fourth-order valence-electron chi connectivity index (χ4n) is 5.42. The van der Waals surface area contributed by atoms with Crippen molar-refractivity contribution in [3.63, 3.8) is 0 Å². The average molecular weight is 834 g/mol. The summed E-state index contributed by atoms with van der Waals surface area (Å²) >= 11 is -1.87. The van der Waals surface area contributed by atoms with Gasteiger partial charge in [0.1, 0.15) is 5.58 Å². The Morgan fingerprint density at radius 3 is 2.22 bits per heavy atom. The van der Waals surface area contributed by atoms with Gasteiger partial charge in [-0.05, 0) is 34.9 Å². The Kier molecular flexibility index (Phi) is 11.3. The molecular weight excluding hydrogens is 789 g/mol. The topological polar surface area (TPSA) is 38.9 Å². The minimum absolute atomic E-state index is 0. The van der Waals surface area contributed by atoms with Gasteiger partial charge in [-0.2, -0.15) is 0 Å². The normalized spacial score (nSPS) is 12.4. The summed E-state index contributed by atoms with van der Waals surface area (Å²) in [5.41, 5.74) is 8.78. The molecule has 0 amide bonds. The van der Waals surface area contributed by atoms with Gasteiger partial charge in [0.15, 0.2) is 0 Å². The summed E-state index contributed by atoms with van der Waals surface area (Å²) in [6, 6.07) is 33.4. The summed E-state index contributed by atoms with van der Waals surface area (Å²) in [4.78, 5) is 9.14. The molecule has 0 aliphatic heterocycles. The van der Waals surface area contributed by atoms with Crippen molar-refractivity contribution >= 4 is 39.6 Å². The largest absolute Gasteiger partial charge is 0 e. The summed E-state index contributed by atoms with van der Waals surface area (Å²) in [5.74, 6) is 8.07. The van der Waals surface area contributed by atoms with E-state index in [-0.39, 0.29) is 25.5 Å². The van der Waals surface area contributed by atoms with Crippen molar-refractivity contribution in [2.45, 2.75) is 70.1 Å². The minimum Gasteiger partial charge on any atom is 0 e. The molecule has 3 heterocycles.